The number of ether oxygens (including phenoxy) is 1. The van der Waals surface area contributed by atoms with Crippen molar-refractivity contribution in [3.63, 3.8) is 0 Å². The lowest BCUT2D eigenvalue weighted by molar-refractivity contribution is -0.140. The number of benzene rings is 1. The molecule has 2 saturated heterocycles. The summed E-state index contributed by atoms with van der Waals surface area (Å²) in [5.41, 5.74) is 2.71. The summed E-state index contributed by atoms with van der Waals surface area (Å²) in [7, 11) is 3.58. The van der Waals surface area contributed by atoms with Crippen LogP contribution in [0.15, 0.2) is 24.3 Å². The van der Waals surface area contributed by atoms with Gasteiger partial charge in [0.25, 0.3) is 0 Å². The third-order valence-electron chi connectivity index (χ3n) is 5.75. The highest BCUT2D eigenvalue weighted by Crippen LogP contribution is 2.44. The average Bonchev–Trinajstić information content (AvgIpc) is 3.12. The fourth-order valence-electron chi connectivity index (χ4n) is 4.49. The number of hydrogen-bond acceptors (Lipinski definition) is 4. The minimum Gasteiger partial charge on any atom is -0.469 e. The molecule has 0 radical (unpaired) electrons. The second-order valence-corrected chi connectivity index (χ2v) is 7.39. The van der Waals surface area contributed by atoms with Crippen LogP contribution in [0, 0.1) is 18.8 Å². The second kappa shape index (κ2) is 7.56. The first-order valence-electron chi connectivity index (χ1n) is 9.11. The largest absolute Gasteiger partial charge is 0.469 e. The quantitative estimate of drug-likeness (QED) is 0.770. The van der Waals surface area contributed by atoms with E-state index in [4.69, 9.17) is 0 Å². The summed E-state index contributed by atoms with van der Waals surface area (Å²) in [6, 6.07) is 8.96. The first-order chi connectivity index (χ1) is 12.0. The molecule has 1 aromatic carbocycles. The van der Waals surface area contributed by atoms with E-state index in [9.17, 15) is 9.59 Å². The third kappa shape index (κ3) is 3.71. The van der Waals surface area contributed by atoms with Crippen molar-refractivity contribution in [2.45, 2.75) is 32.2 Å². The lowest BCUT2D eigenvalue weighted by atomic mass is 9.88. The number of carbonyl (C=O) groups excluding carboxylic acids is 2. The molecule has 2 heterocycles. The Morgan fingerprint density at radius 3 is 2.64 bits per heavy atom. The highest BCUT2D eigenvalue weighted by molar-refractivity contribution is 5.77. The SMILES string of the molecule is COC(=O)CCCC(=O)N1C[C@@H]2CN(C)[C@H](c3ccccc3C)[C@@H]2C1. The van der Waals surface area contributed by atoms with Gasteiger partial charge in [0.2, 0.25) is 5.91 Å². The molecule has 0 unspecified atom stereocenters. The highest BCUT2D eigenvalue weighted by Gasteiger charge is 2.47. The zero-order valence-electron chi connectivity index (χ0n) is 15.4. The molecule has 1 amide bonds. The van der Waals surface area contributed by atoms with Crippen LogP contribution in [-0.2, 0) is 14.3 Å². The minimum atomic E-state index is -0.243. The third-order valence-corrected chi connectivity index (χ3v) is 5.75. The highest BCUT2D eigenvalue weighted by atomic mass is 16.5. The maximum atomic E-state index is 12.5. The maximum Gasteiger partial charge on any atom is 0.305 e. The van der Waals surface area contributed by atoms with Gasteiger partial charge in [-0.3, -0.25) is 14.5 Å². The fraction of sp³-hybridized carbons (Fsp3) is 0.600. The molecule has 3 rings (SSSR count). The van der Waals surface area contributed by atoms with E-state index in [1.807, 2.05) is 4.90 Å². The molecule has 1 aromatic rings. The topological polar surface area (TPSA) is 49.9 Å². The van der Waals surface area contributed by atoms with Gasteiger partial charge in [-0.15, -0.1) is 0 Å². The predicted octanol–water partition coefficient (Wildman–Crippen LogP) is 2.40. The van der Waals surface area contributed by atoms with Crippen LogP contribution < -0.4 is 0 Å². The Kier molecular flexibility index (Phi) is 5.42. The van der Waals surface area contributed by atoms with Crippen LogP contribution in [0.3, 0.4) is 0 Å². The molecule has 5 heteroatoms. The lowest BCUT2D eigenvalue weighted by Crippen LogP contribution is -2.33. The van der Waals surface area contributed by atoms with E-state index in [1.54, 1.807) is 0 Å². The first kappa shape index (κ1) is 17.9. The molecule has 2 aliphatic rings. The van der Waals surface area contributed by atoms with Crippen molar-refractivity contribution in [2.75, 3.05) is 33.8 Å². The van der Waals surface area contributed by atoms with Crippen LogP contribution in [0.25, 0.3) is 0 Å². The van der Waals surface area contributed by atoms with Gasteiger partial charge in [-0.2, -0.15) is 0 Å². The number of hydrogen-bond donors (Lipinski definition) is 0. The number of carbonyl (C=O) groups is 2. The molecule has 136 valence electrons. The molecular weight excluding hydrogens is 316 g/mol. The summed E-state index contributed by atoms with van der Waals surface area (Å²) in [5, 5.41) is 0. The summed E-state index contributed by atoms with van der Waals surface area (Å²) >= 11 is 0. The Morgan fingerprint density at radius 2 is 1.92 bits per heavy atom. The van der Waals surface area contributed by atoms with E-state index in [0.29, 0.717) is 37.1 Å². The molecule has 0 bridgehead atoms. The van der Waals surface area contributed by atoms with Gasteiger partial charge >= 0.3 is 5.97 Å². The van der Waals surface area contributed by atoms with Crippen LogP contribution >= 0.6 is 0 Å². The molecule has 5 nitrogen and oxygen atoms in total. The van der Waals surface area contributed by atoms with Crippen molar-refractivity contribution >= 4 is 11.9 Å². The minimum absolute atomic E-state index is 0.171. The smallest absolute Gasteiger partial charge is 0.305 e. The van der Waals surface area contributed by atoms with Crippen molar-refractivity contribution in [3.05, 3.63) is 35.4 Å². The van der Waals surface area contributed by atoms with Crippen LogP contribution in [0.4, 0.5) is 0 Å². The molecule has 0 aromatic heterocycles. The Labute approximate surface area is 149 Å². The summed E-state index contributed by atoms with van der Waals surface area (Å²) in [5.74, 6) is 0.964. The number of fused-ring (bicyclic) bond motifs is 1. The summed E-state index contributed by atoms with van der Waals surface area (Å²) in [6.45, 7) is 4.87. The molecule has 2 fully saturated rings. The van der Waals surface area contributed by atoms with Crippen LogP contribution in [0.5, 0.6) is 0 Å². The second-order valence-electron chi connectivity index (χ2n) is 7.39. The van der Waals surface area contributed by atoms with Crippen LogP contribution in [0.2, 0.25) is 0 Å². The van der Waals surface area contributed by atoms with Crippen molar-refractivity contribution < 1.29 is 14.3 Å². The normalized spacial score (nSPS) is 25.9. The van der Waals surface area contributed by atoms with E-state index < -0.39 is 0 Å². The standard InChI is InChI=1S/C20H28N2O3/c1-14-7-4-5-8-16(14)20-17-13-22(12-15(17)11-21(20)2)18(23)9-6-10-19(24)25-3/h4-5,7-8,15,17,20H,6,9-13H2,1-3H3/t15-,17+,20+/m0/s1. The molecule has 25 heavy (non-hydrogen) atoms. The Hall–Kier alpha value is -1.88. The molecule has 0 spiro atoms. The van der Waals surface area contributed by atoms with Crippen molar-refractivity contribution in [2.24, 2.45) is 11.8 Å². The van der Waals surface area contributed by atoms with Gasteiger partial charge in [0.1, 0.15) is 0 Å². The Balaban J connectivity index is 1.62. The summed E-state index contributed by atoms with van der Waals surface area (Å²) in [6.07, 6.45) is 1.31. The summed E-state index contributed by atoms with van der Waals surface area (Å²) in [4.78, 5) is 28.1. The number of nitrogens with zero attached hydrogens (tertiary/aromatic N) is 2. The van der Waals surface area contributed by atoms with E-state index in [1.165, 1.54) is 18.2 Å². The van der Waals surface area contributed by atoms with Gasteiger partial charge in [-0.05, 0) is 37.4 Å². The van der Waals surface area contributed by atoms with E-state index in [-0.39, 0.29) is 11.9 Å². The van der Waals surface area contributed by atoms with Crippen LogP contribution in [-0.4, -0.2) is 55.5 Å². The van der Waals surface area contributed by atoms with Gasteiger partial charge in [-0.25, -0.2) is 0 Å². The van der Waals surface area contributed by atoms with E-state index in [0.717, 1.165) is 19.6 Å². The number of aryl methyl sites for hydroxylation is 1. The number of methoxy groups -OCH3 is 1. The Bertz CT molecular complexity index is 646. The first-order valence-corrected chi connectivity index (χ1v) is 9.11. The van der Waals surface area contributed by atoms with Gasteiger partial charge in [-0.1, -0.05) is 24.3 Å². The van der Waals surface area contributed by atoms with E-state index >= 15 is 0 Å². The van der Waals surface area contributed by atoms with Crippen LogP contribution in [0.1, 0.15) is 36.4 Å². The van der Waals surface area contributed by atoms with Gasteiger partial charge in [0, 0.05) is 44.4 Å². The van der Waals surface area contributed by atoms with Crippen molar-refractivity contribution in [1.82, 2.24) is 9.80 Å². The van der Waals surface area contributed by atoms with E-state index in [2.05, 4.69) is 47.9 Å². The molecular formula is C20H28N2O3. The zero-order chi connectivity index (χ0) is 18.0. The number of rotatable bonds is 5. The fourth-order valence-corrected chi connectivity index (χ4v) is 4.49. The van der Waals surface area contributed by atoms with Crippen molar-refractivity contribution in [3.8, 4) is 0 Å². The maximum absolute atomic E-state index is 12.5. The predicted molar refractivity (Wildman–Crippen MR) is 96.0 cm³/mol. The lowest BCUT2D eigenvalue weighted by Gasteiger charge is -2.28. The number of esters is 1. The molecule has 0 saturated carbocycles. The molecule has 0 aliphatic carbocycles. The monoisotopic (exact) mass is 344 g/mol. The van der Waals surface area contributed by atoms with Crippen molar-refractivity contribution in [1.29, 1.82) is 0 Å². The molecule has 3 atom stereocenters. The van der Waals surface area contributed by atoms with Gasteiger partial charge < -0.3 is 9.64 Å². The molecule has 0 N–H and O–H groups in total. The van der Waals surface area contributed by atoms with Gasteiger partial charge in [0.05, 0.1) is 7.11 Å². The Morgan fingerprint density at radius 1 is 1.16 bits per heavy atom. The summed E-state index contributed by atoms with van der Waals surface area (Å²) < 4.78 is 4.63. The average molecular weight is 344 g/mol. The van der Waals surface area contributed by atoms with Gasteiger partial charge in [0.15, 0.2) is 0 Å². The number of likely N-dealkylation sites (tertiary alicyclic amines) is 2. The number of amides is 1. The molecule has 2 aliphatic heterocycles. The zero-order valence-corrected chi connectivity index (χ0v) is 15.4.